The number of benzene rings is 2. The van der Waals surface area contributed by atoms with Crippen LogP contribution in [-0.2, 0) is 0 Å². The molecule has 124 valence electrons. The Hall–Kier alpha value is -2.82. The summed E-state index contributed by atoms with van der Waals surface area (Å²) in [6, 6.07) is 16.2. The van der Waals surface area contributed by atoms with Gasteiger partial charge in [0.15, 0.2) is 5.69 Å². The monoisotopic (exact) mass is 322 g/mol. The van der Waals surface area contributed by atoms with Crippen LogP contribution in [0.5, 0.6) is 0 Å². The van der Waals surface area contributed by atoms with Crippen molar-refractivity contribution in [3.8, 4) is 0 Å². The first kappa shape index (κ1) is 16.1. The highest BCUT2D eigenvalue weighted by Crippen LogP contribution is 2.17. The maximum Gasteiger partial charge on any atom is 0.272 e. The number of nitrogens with zero attached hydrogens (tertiary/aromatic N) is 2. The van der Waals surface area contributed by atoms with Crippen LogP contribution in [0.4, 0.5) is 5.69 Å². The fraction of sp³-hybridized carbons (Fsp3) is 0.263. The second kappa shape index (κ2) is 7.17. The lowest BCUT2D eigenvalue weighted by Gasteiger charge is -2.19. The smallest absolute Gasteiger partial charge is 0.272 e. The minimum Gasteiger partial charge on any atom is -0.375 e. The molecule has 24 heavy (non-hydrogen) atoms. The van der Waals surface area contributed by atoms with Gasteiger partial charge in [-0.3, -0.25) is 9.89 Å². The SMILES string of the molecule is Cc1ccc2[nH]nc(C(=O)NCCCN(C)c3ccccc3)c2c1. The van der Waals surface area contributed by atoms with Gasteiger partial charge in [-0.15, -0.1) is 0 Å². The summed E-state index contributed by atoms with van der Waals surface area (Å²) in [5.74, 6) is -0.130. The molecule has 0 aliphatic carbocycles. The normalized spacial score (nSPS) is 10.8. The van der Waals surface area contributed by atoms with Crippen LogP contribution in [0.3, 0.4) is 0 Å². The molecule has 3 aromatic rings. The molecular formula is C19H22N4O. The number of carbonyl (C=O) groups excluding carboxylic acids is 1. The Bertz CT molecular complexity index is 826. The number of aromatic nitrogens is 2. The van der Waals surface area contributed by atoms with E-state index in [0.717, 1.165) is 29.4 Å². The number of hydrogen-bond donors (Lipinski definition) is 2. The van der Waals surface area contributed by atoms with Crippen LogP contribution in [0.1, 0.15) is 22.5 Å². The third-order valence-corrected chi connectivity index (χ3v) is 4.09. The predicted molar refractivity (Wildman–Crippen MR) is 97.5 cm³/mol. The number of nitrogens with one attached hydrogen (secondary N) is 2. The standard InChI is InChI=1S/C19H22N4O/c1-14-9-10-17-16(13-14)18(22-21-17)19(24)20-11-6-12-23(2)15-7-4-3-5-8-15/h3-5,7-10,13H,6,11-12H2,1-2H3,(H,20,24)(H,21,22). The van der Waals surface area contributed by atoms with Gasteiger partial charge in [-0.25, -0.2) is 0 Å². The van der Waals surface area contributed by atoms with Crippen LogP contribution in [0.25, 0.3) is 10.9 Å². The molecule has 0 aliphatic heterocycles. The zero-order chi connectivity index (χ0) is 16.9. The average molecular weight is 322 g/mol. The van der Waals surface area contributed by atoms with E-state index < -0.39 is 0 Å². The third-order valence-electron chi connectivity index (χ3n) is 4.09. The van der Waals surface area contributed by atoms with Gasteiger partial charge in [0.05, 0.1) is 5.52 Å². The molecular weight excluding hydrogens is 300 g/mol. The Morgan fingerprint density at radius 3 is 2.79 bits per heavy atom. The van der Waals surface area contributed by atoms with E-state index in [1.165, 1.54) is 5.69 Å². The third kappa shape index (κ3) is 3.56. The van der Waals surface area contributed by atoms with Crippen LogP contribution < -0.4 is 10.2 Å². The number of aromatic amines is 1. The van der Waals surface area contributed by atoms with Gasteiger partial charge >= 0.3 is 0 Å². The topological polar surface area (TPSA) is 61.0 Å². The van der Waals surface area contributed by atoms with Gasteiger partial charge in [-0.2, -0.15) is 5.10 Å². The van der Waals surface area contributed by atoms with Gasteiger partial charge < -0.3 is 10.2 Å². The zero-order valence-corrected chi connectivity index (χ0v) is 14.0. The lowest BCUT2D eigenvalue weighted by Crippen LogP contribution is -2.28. The molecule has 0 saturated heterocycles. The highest BCUT2D eigenvalue weighted by atomic mass is 16.1. The van der Waals surface area contributed by atoms with Gasteiger partial charge in [0, 0.05) is 31.2 Å². The first-order valence-electron chi connectivity index (χ1n) is 8.14. The number of amides is 1. The van der Waals surface area contributed by atoms with E-state index in [1.807, 2.05) is 43.3 Å². The number of hydrogen-bond acceptors (Lipinski definition) is 3. The van der Waals surface area contributed by atoms with Gasteiger partial charge in [0.2, 0.25) is 0 Å². The molecule has 0 unspecified atom stereocenters. The van der Waals surface area contributed by atoms with Crippen molar-refractivity contribution in [1.29, 1.82) is 0 Å². The summed E-state index contributed by atoms with van der Waals surface area (Å²) in [4.78, 5) is 14.5. The molecule has 0 fully saturated rings. The van der Waals surface area contributed by atoms with Crippen molar-refractivity contribution in [2.45, 2.75) is 13.3 Å². The van der Waals surface area contributed by atoms with E-state index in [4.69, 9.17) is 0 Å². The largest absolute Gasteiger partial charge is 0.375 e. The maximum atomic E-state index is 12.3. The minimum atomic E-state index is -0.130. The van der Waals surface area contributed by atoms with E-state index in [2.05, 4.69) is 39.6 Å². The fourth-order valence-electron chi connectivity index (χ4n) is 2.71. The molecule has 5 nitrogen and oxygen atoms in total. The number of rotatable bonds is 6. The van der Waals surface area contributed by atoms with E-state index in [0.29, 0.717) is 12.2 Å². The average Bonchev–Trinajstić information content (AvgIpc) is 3.02. The van der Waals surface area contributed by atoms with Gasteiger partial charge in [-0.05, 0) is 37.6 Å². The Kier molecular flexibility index (Phi) is 4.79. The van der Waals surface area contributed by atoms with Crippen molar-refractivity contribution in [2.75, 3.05) is 25.0 Å². The van der Waals surface area contributed by atoms with Crippen LogP contribution >= 0.6 is 0 Å². The summed E-state index contributed by atoms with van der Waals surface area (Å²) in [6.07, 6.45) is 0.874. The lowest BCUT2D eigenvalue weighted by atomic mass is 10.1. The molecule has 0 aliphatic rings. The highest BCUT2D eigenvalue weighted by molar-refractivity contribution is 6.04. The van der Waals surface area contributed by atoms with Crippen molar-refractivity contribution < 1.29 is 4.79 Å². The number of anilines is 1. The Morgan fingerprint density at radius 2 is 2.00 bits per heavy atom. The zero-order valence-electron chi connectivity index (χ0n) is 14.0. The molecule has 0 radical (unpaired) electrons. The number of fused-ring (bicyclic) bond motifs is 1. The minimum absolute atomic E-state index is 0.130. The Labute approximate surface area is 141 Å². The summed E-state index contributed by atoms with van der Waals surface area (Å²) in [5.41, 5.74) is 3.64. The highest BCUT2D eigenvalue weighted by Gasteiger charge is 2.13. The van der Waals surface area contributed by atoms with Crippen LogP contribution in [0.15, 0.2) is 48.5 Å². The van der Waals surface area contributed by atoms with Crippen molar-refractivity contribution in [2.24, 2.45) is 0 Å². The molecule has 0 atom stereocenters. The second-order valence-electron chi connectivity index (χ2n) is 5.99. The van der Waals surface area contributed by atoms with E-state index in [1.54, 1.807) is 0 Å². The molecule has 5 heteroatoms. The number of carbonyl (C=O) groups is 1. The molecule has 1 aromatic heterocycles. The summed E-state index contributed by atoms with van der Waals surface area (Å²) in [7, 11) is 2.06. The Balaban J connectivity index is 1.53. The van der Waals surface area contributed by atoms with Crippen molar-refractivity contribution >= 4 is 22.5 Å². The second-order valence-corrected chi connectivity index (χ2v) is 5.99. The summed E-state index contributed by atoms with van der Waals surface area (Å²) < 4.78 is 0. The first-order valence-corrected chi connectivity index (χ1v) is 8.14. The van der Waals surface area contributed by atoms with Crippen LogP contribution in [0, 0.1) is 6.92 Å². The summed E-state index contributed by atoms with van der Waals surface area (Å²) in [5, 5.41) is 10.9. The van der Waals surface area contributed by atoms with E-state index >= 15 is 0 Å². The lowest BCUT2D eigenvalue weighted by molar-refractivity contribution is 0.0950. The van der Waals surface area contributed by atoms with E-state index in [-0.39, 0.29) is 5.91 Å². The summed E-state index contributed by atoms with van der Waals surface area (Å²) in [6.45, 7) is 3.51. The molecule has 0 spiro atoms. The van der Waals surface area contributed by atoms with E-state index in [9.17, 15) is 4.79 Å². The fourth-order valence-corrected chi connectivity index (χ4v) is 2.71. The molecule has 1 heterocycles. The van der Waals surface area contributed by atoms with Gasteiger partial charge in [0.25, 0.3) is 5.91 Å². The quantitative estimate of drug-likeness (QED) is 0.686. The number of aryl methyl sites for hydroxylation is 1. The van der Waals surface area contributed by atoms with Gasteiger partial charge in [-0.1, -0.05) is 29.8 Å². The number of para-hydroxylation sites is 1. The van der Waals surface area contributed by atoms with Crippen molar-refractivity contribution in [3.05, 3.63) is 59.8 Å². The predicted octanol–water partition coefficient (Wildman–Crippen LogP) is 3.13. The van der Waals surface area contributed by atoms with Crippen LogP contribution in [-0.4, -0.2) is 36.2 Å². The molecule has 1 amide bonds. The summed E-state index contributed by atoms with van der Waals surface area (Å²) >= 11 is 0. The maximum absolute atomic E-state index is 12.3. The Morgan fingerprint density at radius 1 is 1.21 bits per heavy atom. The first-order chi connectivity index (χ1) is 11.6. The molecule has 2 aromatic carbocycles. The van der Waals surface area contributed by atoms with Gasteiger partial charge in [0.1, 0.15) is 0 Å². The van der Waals surface area contributed by atoms with Crippen molar-refractivity contribution in [3.63, 3.8) is 0 Å². The molecule has 2 N–H and O–H groups in total. The number of H-pyrrole nitrogens is 1. The molecule has 3 rings (SSSR count). The molecule has 0 saturated carbocycles. The van der Waals surface area contributed by atoms with Crippen molar-refractivity contribution in [1.82, 2.24) is 15.5 Å². The van der Waals surface area contributed by atoms with Crippen LogP contribution in [0.2, 0.25) is 0 Å². The molecule has 0 bridgehead atoms.